The lowest BCUT2D eigenvalue weighted by Crippen LogP contribution is -2.52. The highest BCUT2D eigenvalue weighted by Crippen LogP contribution is 2.31. The van der Waals surface area contributed by atoms with Gasteiger partial charge in [-0.15, -0.1) is 0 Å². The van der Waals surface area contributed by atoms with Gasteiger partial charge in [0.2, 0.25) is 0 Å². The number of halogens is 3. The number of nitrogens with zero attached hydrogens (tertiary/aromatic N) is 2. The summed E-state index contributed by atoms with van der Waals surface area (Å²) in [7, 11) is 0. The first-order valence-corrected chi connectivity index (χ1v) is 7.11. The fraction of sp³-hybridized carbons (Fsp3) is 0.600. The van der Waals surface area contributed by atoms with Crippen LogP contribution in [0.5, 0.6) is 0 Å². The topological polar surface area (TPSA) is 26.7 Å². The van der Waals surface area contributed by atoms with Crippen LogP contribution in [0.3, 0.4) is 0 Å². The summed E-state index contributed by atoms with van der Waals surface area (Å²) < 4.78 is 38.2. The Hall–Kier alpha value is -1.27. The summed E-state index contributed by atoms with van der Waals surface area (Å²) in [5.41, 5.74) is -1.57. The number of anilines is 1. The molecule has 1 aromatic carbocycles. The average Bonchev–Trinajstić information content (AvgIpc) is 2.63. The largest absolute Gasteiger partial charge is 0.418 e. The van der Waals surface area contributed by atoms with Crippen molar-refractivity contribution in [3.63, 3.8) is 0 Å². The molecule has 0 spiro atoms. The third-order valence-electron chi connectivity index (χ3n) is 3.85. The molecule has 1 aliphatic rings. The predicted molar refractivity (Wildman–Crippen MR) is 76.4 cm³/mol. The Morgan fingerprint density at radius 3 is 2.33 bits per heavy atom. The summed E-state index contributed by atoms with van der Waals surface area (Å²) in [6.45, 7) is 3.02. The van der Waals surface area contributed by atoms with E-state index in [-0.39, 0.29) is 6.54 Å². The fourth-order valence-corrected chi connectivity index (χ4v) is 2.55. The number of hydrogen-bond acceptors (Lipinski definition) is 3. The van der Waals surface area contributed by atoms with Crippen LogP contribution in [0.1, 0.15) is 13.3 Å². The Balaban J connectivity index is 1.95. The van der Waals surface area contributed by atoms with Crippen LogP contribution < -0.4 is 4.90 Å². The predicted octanol–water partition coefficient (Wildman–Crippen LogP) is 2.51. The molecule has 6 heteroatoms. The zero-order chi connectivity index (χ0) is 15.5. The van der Waals surface area contributed by atoms with Gasteiger partial charge in [0.1, 0.15) is 0 Å². The summed E-state index contributed by atoms with van der Waals surface area (Å²) in [6.07, 6.45) is -3.82. The van der Waals surface area contributed by atoms with Gasteiger partial charge in [0, 0.05) is 38.4 Å². The van der Waals surface area contributed by atoms with Crippen molar-refractivity contribution >= 4 is 5.69 Å². The molecular formula is C15H21F3N2O. The number of rotatable bonds is 3. The Morgan fingerprint density at radius 1 is 1.05 bits per heavy atom. The van der Waals surface area contributed by atoms with Gasteiger partial charge in [-0.3, -0.25) is 4.90 Å². The smallest absolute Gasteiger partial charge is 0.380 e. The zero-order valence-corrected chi connectivity index (χ0v) is 12.1. The molecule has 0 amide bonds. The molecule has 3 nitrogen and oxygen atoms in total. The lowest BCUT2D eigenvalue weighted by atomic mass is 10.1. The Bertz CT molecular complexity index is 448. The van der Waals surface area contributed by atoms with E-state index in [0.717, 1.165) is 25.6 Å². The van der Waals surface area contributed by atoms with E-state index < -0.39 is 11.8 Å². The van der Waals surface area contributed by atoms with Crippen molar-refractivity contribution in [1.29, 1.82) is 0 Å². The van der Waals surface area contributed by atoms with E-state index >= 15 is 0 Å². The summed E-state index contributed by atoms with van der Waals surface area (Å²) in [4.78, 5) is 3.86. The minimum atomic E-state index is -4.60. The molecule has 1 aliphatic heterocycles. The van der Waals surface area contributed by atoms with Gasteiger partial charge in [0.15, 0.2) is 5.60 Å². The summed E-state index contributed by atoms with van der Waals surface area (Å²) in [6, 6.07) is 9.84. The van der Waals surface area contributed by atoms with E-state index in [9.17, 15) is 18.3 Å². The van der Waals surface area contributed by atoms with E-state index in [1.807, 2.05) is 30.3 Å². The highest BCUT2D eigenvalue weighted by molar-refractivity contribution is 5.46. The van der Waals surface area contributed by atoms with Crippen LogP contribution in [-0.2, 0) is 0 Å². The molecule has 0 saturated carbocycles. The van der Waals surface area contributed by atoms with Crippen molar-refractivity contribution in [2.75, 3.05) is 37.6 Å². The second kappa shape index (κ2) is 6.23. The van der Waals surface area contributed by atoms with Crippen molar-refractivity contribution in [2.45, 2.75) is 25.1 Å². The highest BCUT2D eigenvalue weighted by Gasteiger charge is 2.50. The molecule has 1 aromatic rings. The van der Waals surface area contributed by atoms with E-state index in [0.29, 0.717) is 19.6 Å². The third-order valence-corrected chi connectivity index (χ3v) is 3.85. The average molecular weight is 302 g/mol. The molecule has 1 atom stereocenters. The quantitative estimate of drug-likeness (QED) is 0.929. The lowest BCUT2D eigenvalue weighted by Gasteiger charge is -2.32. The van der Waals surface area contributed by atoms with E-state index in [1.54, 1.807) is 4.90 Å². The highest BCUT2D eigenvalue weighted by atomic mass is 19.4. The van der Waals surface area contributed by atoms with Gasteiger partial charge in [-0.1, -0.05) is 18.2 Å². The van der Waals surface area contributed by atoms with Crippen molar-refractivity contribution in [1.82, 2.24) is 4.90 Å². The molecule has 21 heavy (non-hydrogen) atoms. The molecule has 1 heterocycles. The molecule has 2 rings (SSSR count). The van der Waals surface area contributed by atoms with Gasteiger partial charge >= 0.3 is 6.18 Å². The maximum atomic E-state index is 12.7. The molecule has 0 aromatic heterocycles. The third kappa shape index (κ3) is 4.11. The van der Waals surface area contributed by atoms with E-state index in [1.165, 1.54) is 0 Å². The molecule has 1 saturated heterocycles. The monoisotopic (exact) mass is 302 g/mol. The summed E-state index contributed by atoms with van der Waals surface area (Å²) >= 11 is 0. The standard InChI is InChI=1S/C15H21F3N2O/c1-14(21,15(16,17)18)12-19-8-5-9-20(11-10-19)13-6-3-2-4-7-13/h2-4,6-7,21H,5,8-12H2,1H3/t14-/m1/s1. The maximum Gasteiger partial charge on any atom is 0.418 e. The number of aliphatic hydroxyl groups is 1. The van der Waals surface area contributed by atoms with Gasteiger partial charge in [0.05, 0.1) is 0 Å². The number of para-hydroxylation sites is 1. The molecule has 1 fully saturated rings. The lowest BCUT2D eigenvalue weighted by molar-refractivity contribution is -0.257. The van der Waals surface area contributed by atoms with E-state index in [2.05, 4.69) is 4.90 Å². The van der Waals surface area contributed by atoms with Gasteiger partial charge in [-0.2, -0.15) is 13.2 Å². The Morgan fingerprint density at radius 2 is 1.71 bits per heavy atom. The van der Waals surface area contributed by atoms with Gasteiger partial charge < -0.3 is 10.0 Å². The zero-order valence-electron chi connectivity index (χ0n) is 12.1. The fourth-order valence-electron chi connectivity index (χ4n) is 2.55. The number of hydrogen-bond donors (Lipinski definition) is 1. The van der Waals surface area contributed by atoms with Crippen LogP contribution in [0, 0.1) is 0 Å². The van der Waals surface area contributed by atoms with Crippen LogP contribution in [0.2, 0.25) is 0 Å². The van der Waals surface area contributed by atoms with Crippen LogP contribution in [0.4, 0.5) is 18.9 Å². The number of β-amino-alcohol motifs (C(OH)–C–C–N with tert-alkyl or cyclic N) is 1. The number of benzene rings is 1. The van der Waals surface area contributed by atoms with Crippen LogP contribution >= 0.6 is 0 Å². The molecule has 0 radical (unpaired) electrons. The first-order valence-electron chi connectivity index (χ1n) is 7.11. The van der Waals surface area contributed by atoms with Crippen molar-refractivity contribution in [3.8, 4) is 0 Å². The maximum absolute atomic E-state index is 12.7. The van der Waals surface area contributed by atoms with Crippen LogP contribution in [-0.4, -0.2) is 54.5 Å². The van der Waals surface area contributed by atoms with Gasteiger partial charge in [-0.25, -0.2) is 0 Å². The summed E-state index contributed by atoms with van der Waals surface area (Å²) in [5, 5.41) is 9.60. The minimum absolute atomic E-state index is 0.376. The summed E-state index contributed by atoms with van der Waals surface area (Å²) in [5.74, 6) is 0. The van der Waals surface area contributed by atoms with Gasteiger partial charge in [-0.05, 0) is 25.5 Å². The number of alkyl halides is 3. The van der Waals surface area contributed by atoms with Crippen molar-refractivity contribution in [2.24, 2.45) is 0 Å². The van der Waals surface area contributed by atoms with Crippen LogP contribution in [0.15, 0.2) is 30.3 Å². The molecule has 118 valence electrons. The van der Waals surface area contributed by atoms with Crippen molar-refractivity contribution in [3.05, 3.63) is 30.3 Å². The van der Waals surface area contributed by atoms with Crippen LogP contribution in [0.25, 0.3) is 0 Å². The second-order valence-electron chi connectivity index (χ2n) is 5.72. The first-order chi connectivity index (χ1) is 9.79. The van der Waals surface area contributed by atoms with Crippen molar-refractivity contribution < 1.29 is 18.3 Å². The molecular weight excluding hydrogens is 281 g/mol. The Labute approximate surface area is 123 Å². The molecule has 0 bridgehead atoms. The molecule has 1 N–H and O–H groups in total. The van der Waals surface area contributed by atoms with Gasteiger partial charge in [0.25, 0.3) is 0 Å². The SMILES string of the molecule is C[C@@](O)(CN1CCCN(c2ccccc2)CC1)C(F)(F)F. The minimum Gasteiger partial charge on any atom is -0.380 e. The molecule has 0 unspecified atom stereocenters. The van der Waals surface area contributed by atoms with E-state index in [4.69, 9.17) is 0 Å². The first kappa shape index (κ1) is 16.1. The second-order valence-corrected chi connectivity index (χ2v) is 5.72. The Kier molecular flexibility index (Phi) is 4.78. The normalized spacial score (nSPS) is 20.9. The molecule has 0 aliphatic carbocycles.